The summed E-state index contributed by atoms with van der Waals surface area (Å²) in [5.41, 5.74) is 2.63. The van der Waals surface area contributed by atoms with Gasteiger partial charge in [0.05, 0.1) is 12.2 Å². The molecule has 3 aromatic rings. The average Bonchev–Trinajstić information content (AvgIpc) is 2.70. The summed E-state index contributed by atoms with van der Waals surface area (Å²) in [6.45, 7) is 4.55. The van der Waals surface area contributed by atoms with E-state index in [9.17, 15) is 9.18 Å². The predicted octanol–water partition coefficient (Wildman–Crippen LogP) is 6.06. The minimum atomic E-state index is -0.463. The van der Waals surface area contributed by atoms with Crippen LogP contribution in [0.4, 0.5) is 4.39 Å². The molecule has 0 heterocycles. The van der Waals surface area contributed by atoms with Gasteiger partial charge in [-0.3, -0.25) is 0 Å². The van der Waals surface area contributed by atoms with Crippen LogP contribution in [-0.4, -0.2) is 12.6 Å². The molecular weight excluding hydrogens is 355 g/mol. The van der Waals surface area contributed by atoms with Crippen LogP contribution in [0.25, 0.3) is 11.1 Å². The number of ether oxygens (including phenoxy) is 2. The van der Waals surface area contributed by atoms with Crippen LogP contribution in [-0.2, 0) is 6.42 Å². The van der Waals surface area contributed by atoms with Gasteiger partial charge in [0, 0.05) is 5.56 Å². The van der Waals surface area contributed by atoms with Crippen molar-refractivity contribution in [1.82, 2.24) is 0 Å². The summed E-state index contributed by atoms with van der Waals surface area (Å²) in [5.74, 6) is 0.443. The fourth-order valence-electron chi connectivity index (χ4n) is 2.96. The number of carbonyl (C=O) groups is 1. The Morgan fingerprint density at radius 1 is 0.893 bits per heavy atom. The first-order chi connectivity index (χ1) is 13.6. The van der Waals surface area contributed by atoms with Gasteiger partial charge in [-0.25, -0.2) is 9.18 Å². The SMILES string of the molecule is CCCc1ccc(-c2ccc(C(=O)Oc3ccc(OCC)cc3)cc2)c(F)c1. The minimum absolute atomic E-state index is 0.254. The van der Waals surface area contributed by atoms with Gasteiger partial charge in [0.2, 0.25) is 0 Å². The Bertz CT molecular complexity index is 931. The van der Waals surface area contributed by atoms with Crippen molar-refractivity contribution in [3.8, 4) is 22.6 Å². The summed E-state index contributed by atoms with van der Waals surface area (Å²) in [5, 5.41) is 0. The average molecular weight is 378 g/mol. The minimum Gasteiger partial charge on any atom is -0.494 e. The smallest absolute Gasteiger partial charge is 0.343 e. The number of halogens is 1. The van der Waals surface area contributed by atoms with Crippen LogP contribution in [0.5, 0.6) is 11.5 Å². The zero-order valence-electron chi connectivity index (χ0n) is 16.1. The largest absolute Gasteiger partial charge is 0.494 e. The van der Waals surface area contributed by atoms with E-state index < -0.39 is 5.97 Å². The van der Waals surface area contributed by atoms with Crippen molar-refractivity contribution in [2.75, 3.05) is 6.61 Å². The lowest BCUT2D eigenvalue weighted by Gasteiger charge is -2.08. The fourth-order valence-corrected chi connectivity index (χ4v) is 2.96. The van der Waals surface area contributed by atoms with Crippen molar-refractivity contribution in [3.05, 3.63) is 83.7 Å². The molecule has 0 N–H and O–H groups in total. The van der Waals surface area contributed by atoms with E-state index in [1.54, 1.807) is 60.7 Å². The zero-order valence-corrected chi connectivity index (χ0v) is 16.1. The first-order valence-corrected chi connectivity index (χ1v) is 9.44. The summed E-state index contributed by atoms with van der Waals surface area (Å²) in [4.78, 5) is 12.3. The Hall–Kier alpha value is -3.14. The number of rotatable bonds is 7. The molecule has 0 aliphatic heterocycles. The zero-order chi connectivity index (χ0) is 19.9. The molecule has 0 unspecified atom stereocenters. The van der Waals surface area contributed by atoms with E-state index in [4.69, 9.17) is 9.47 Å². The third-order valence-electron chi connectivity index (χ3n) is 4.35. The molecule has 3 rings (SSSR count). The fraction of sp³-hybridized carbons (Fsp3) is 0.208. The molecule has 0 amide bonds. The van der Waals surface area contributed by atoms with Crippen molar-refractivity contribution >= 4 is 5.97 Å². The summed E-state index contributed by atoms with van der Waals surface area (Å²) in [6.07, 6.45) is 1.83. The molecule has 0 bridgehead atoms. The molecule has 4 heteroatoms. The van der Waals surface area contributed by atoms with Crippen LogP contribution in [0, 0.1) is 5.82 Å². The van der Waals surface area contributed by atoms with E-state index in [2.05, 4.69) is 6.92 Å². The van der Waals surface area contributed by atoms with E-state index in [1.165, 1.54) is 0 Å². The monoisotopic (exact) mass is 378 g/mol. The molecule has 0 aliphatic carbocycles. The van der Waals surface area contributed by atoms with Crippen LogP contribution in [0.2, 0.25) is 0 Å². The molecule has 0 aliphatic rings. The van der Waals surface area contributed by atoms with E-state index in [-0.39, 0.29) is 5.82 Å². The van der Waals surface area contributed by atoms with Crippen LogP contribution >= 0.6 is 0 Å². The second-order valence-corrected chi connectivity index (χ2v) is 6.44. The Balaban J connectivity index is 1.70. The van der Waals surface area contributed by atoms with E-state index in [0.29, 0.717) is 23.5 Å². The molecule has 0 saturated carbocycles. The lowest BCUT2D eigenvalue weighted by Crippen LogP contribution is -2.08. The Morgan fingerprint density at radius 3 is 2.18 bits per heavy atom. The maximum atomic E-state index is 14.4. The van der Waals surface area contributed by atoms with Crippen LogP contribution in [0.1, 0.15) is 36.2 Å². The van der Waals surface area contributed by atoms with Gasteiger partial charge in [0.1, 0.15) is 17.3 Å². The predicted molar refractivity (Wildman–Crippen MR) is 108 cm³/mol. The number of aryl methyl sites for hydroxylation is 1. The molecular formula is C24H23FO3. The Kier molecular flexibility index (Phi) is 6.43. The second-order valence-electron chi connectivity index (χ2n) is 6.44. The highest BCUT2D eigenvalue weighted by Crippen LogP contribution is 2.25. The first-order valence-electron chi connectivity index (χ1n) is 9.44. The summed E-state index contributed by atoms with van der Waals surface area (Å²) >= 11 is 0. The number of benzene rings is 3. The quantitative estimate of drug-likeness (QED) is 0.370. The first kappa shape index (κ1) is 19.6. The molecule has 0 fully saturated rings. The third kappa shape index (κ3) is 4.77. The van der Waals surface area contributed by atoms with Crippen molar-refractivity contribution in [1.29, 1.82) is 0 Å². The number of hydrogen-bond acceptors (Lipinski definition) is 3. The van der Waals surface area contributed by atoms with E-state index in [0.717, 1.165) is 29.7 Å². The lowest BCUT2D eigenvalue weighted by atomic mass is 10.0. The van der Waals surface area contributed by atoms with Gasteiger partial charge in [0.25, 0.3) is 0 Å². The summed E-state index contributed by atoms with van der Waals surface area (Å²) in [6, 6.07) is 18.9. The normalized spacial score (nSPS) is 10.5. The van der Waals surface area contributed by atoms with Gasteiger partial charge < -0.3 is 9.47 Å². The summed E-state index contributed by atoms with van der Waals surface area (Å²) in [7, 11) is 0. The van der Waals surface area contributed by atoms with Gasteiger partial charge in [-0.1, -0.05) is 37.6 Å². The topological polar surface area (TPSA) is 35.5 Å². The molecule has 0 spiro atoms. The van der Waals surface area contributed by atoms with Crippen LogP contribution < -0.4 is 9.47 Å². The highest BCUT2D eigenvalue weighted by molar-refractivity contribution is 5.91. The molecule has 0 atom stereocenters. The maximum absolute atomic E-state index is 14.4. The molecule has 0 aromatic heterocycles. The van der Waals surface area contributed by atoms with Crippen LogP contribution in [0.15, 0.2) is 66.7 Å². The third-order valence-corrected chi connectivity index (χ3v) is 4.35. The number of esters is 1. The Labute approximate surface area is 164 Å². The lowest BCUT2D eigenvalue weighted by molar-refractivity contribution is 0.0734. The maximum Gasteiger partial charge on any atom is 0.343 e. The van der Waals surface area contributed by atoms with Crippen molar-refractivity contribution in [2.45, 2.75) is 26.7 Å². The highest BCUT2D eigenvalue weighted by atomic mass is 19.1. The second kappa shape index (κ2) is 9.18. The van der Waals surface area contributed by atoms with Crippen LogP contribution in [0.3, 0.4) is 0 Å². The van der Waals surface area contributed by atoms with Crippen molar-refractivity contribution in [2.24, 2.45) is 0 Å². The molecule has 28 heavy (non-hydrogen) atoms. The number of hydrogen-bond donors (Lipinski definition) is 0. The summed E-state index contributed by atoms with van der Waals surface area (Å²) < 4.78 is 25.1. The van der Waals surface area contributed by atoms with Gasteiger partial charge in [-0.15, -0.1) is 0 Å². The van der Waals surface area contributed by atoms with E-state index in [1.807, 2.05) is 13.0 Å². The molecule has 3 aromatic carbocycles. The molecule has 0 saturated heterocycles. The Morgan fingerprint density at radius 2 is 1.57 bits per heavy atom. The standard InChI is InChI=1S/C24H23FO3/c1-3-5-17-6-15-22(23(25)16-17)18-7-9-19(10-8-18)24(26)28-21-13-11-20(12-14-21)27-4-2/h6-16H,3-5H2,1-2H3. The highest BCUT2D eigenvalue weighted by Gasteiger charge is 2.11. The molecule has 3 nitrogen and oxygen atoms in total. The van der Waals surface area contributed by atoms with Gasteiger partial charge in [-0.05, 0) is 66.9 Å². The molecule has 144 valence electrons. The number of carbonyl (C=O) groups excluding carboxylic acids is 1. The van der Waals surface area contributed by atoms with Gasteiger partial charge in [0.15, 0.2) is 0 Å². The van der Waals surface area contributed by atoms with E-state index >= 15 is 0 Å². The van der Waals surface area contributed by atoms with Crippen molar-refractivity contribution < 1.29 is 18.7 Å². The van der Waals surface area contributed by atoms with Crippen molar-refractivity contribution in [3.63, 3.8) is 0 Å². The van der Waals surface area contributed by atoms with Gasteiger partial charge in [-0.2, -0.15) is 0 Å². The van der Waals surface area contributed by atoms with Gasteiger partial charge >= 0.3 is 5.97 Å². The molecule has 0 radical (unpaired) electrons.